The highest BCUT2D eigenvalue weighted by molar-refractivity contribution is 9.10. The topological polar surface area (TPSA) is 0 Å². The van der Waals surface area contributed by atoms with Crippen molar-refractivity contribution in [3.8, 4) is 0 Å². The molecule has 2 aromatic carbocycles. The lowest BCUT2D eigenvalue weighted by molar-refractivity contribution is 0.603. The van der Waals surface area contributed by atoms with Crippen molar-refractivity contribution >= 4 is 39.1 Å². The summed E-state index contributed by atoms with van der Waals surface area (Å²) in [5.41, 5.74) is 1.01. The molecule has 2 rings (SSSR count). The molecule has 0 aromatic heterocycles. The van der Waals surface area contributed by atoms with Crippen molar-refractivity contribution in [2.75, 3.05) is 0 Å². The van der Waals surface area contributed by atoms with Gasteiger partial charge < -0.3 is 0 Å². The number of halogens is 5. The molecule has 2 aromatic rings. The van der Waals surface area contributed by atoms with Crippen molar-refractivity contribution in [2.24, 2.45) is 0 Å². The first-order valence-corrected chi connectivity index (χ1v) is 7.11. The van der Waals surface area contributed by atoms with Gasteiger partial charge in [0.15, 0.2) is 0 Å². The Morgan fingerprint density at radius 2 is 1.89 bits per heavy atom. The summed E-state index contributed by atoms with van der Waals surface area (Å²) in [5.74, 6) is -0.775. The van der Waals surface area contributed by atoms with Crippen LogP contribution < -0.4 is 0 Å². The zero-order valence-electron chi connectivity index (χ0n) is 9.64. The highest BCUT2D eigenvalue weighted by atomic mass is 79.9. The van der Waals surface area contributed by atoms with Crippen LogP contribution in [0.1, 0.15) is 16.5 Å². The lowest BCUT2D eigenvalue weighted by Crippen LogP contribution is -2.00. The van der Waals surface area contributed by atoms with Crippen molar-refractivity contribution in [1.29, 1.82) is 0 Å². The Bertz CT molecular complexity index is 602. The molecule has 0 aliphatic rings. The number of alkyl halides is 1. The molecule has 0 fully saturated rings. The molecular weight excluding hydrogens is 357 g/mol. The van der Waals surface area contributed by atoms with Gasteiger partial charge in [0, 0.05) is 10.0 Å². The Morgan fingerprint density at radius 3 is 2.58 bits per heavy atom. The predicted molar refractivity (Wildman–Crippen MR) is 77.8 cm³/mol. The zero-order valence-corrected chi connectivity index (χ0v) is 12.7. The van der Waals surface area contributed by atoms with E-state index in [2.05, 4.69) is 15.9 Å². The molecular formula is C14H9BrCl2F2. The van der Waals surface area contributed by atoms with Crippen LogP contribution in [0.3, 0.4) is 0 Å². The molecule has 0 heterocycles. The smallest absolute Gasteiger partial charge is 0.129 e. The fourth-order valence-electron chi connectivity index (χ4n) is 1.76. The summed E-state index contributed by atoms with van der Waals surface area (Å²) >= 11 is 15.3. The van der Waals surface area contributed by atoms with E-state index in [1.54, 1.807) is 12.1 Å². The van der Waals surface area contributed by atoms with E-state index in [1.807, 2.05) is 0 Å². The quantitative estimate of drug-likeness (QED) is 0.469. The van der Waals surface area contributed by atoms with E-state index in [0.717, 1.165) is 0 Å². The molecule has 0 N–H and O–H groups in total. The zero-order chi connectivity index (χ0) is 14.0. The summed E-state index contributed by atoms with van der Waals surface area (Å²) in [7, 11) is 0. The molecule has 1 unspecified atom stereocenters. The third-order valence-electron chi connectivity index (χ3n) is 2.68. The van der Waals surface area contributed by atoms with Gasteiger partial charge in [-0.25, -0.2) is 8.78 Å². The molecule has 0 radical (unpaired) electrons. The maximum absolute atomic E-state index is 13.8. The minimum absolute atomic E-state index is 0.305. The molecule has 0 saturated carbocycles. The summed E-state index contributed by atoms with van der Waals surface area (Å²) in [6.45, 7) is 0. The Labute approximate surface area is 128 Å². The van der Waals surface area contributed by atoms with Crippen molar-refractivity contribution in [1.82, 2.24) is 0 Å². The second-order valence-electron chi connectivity index (χ2n) is 4.09. The normalized spacial score (nSPS) is 12.5. The van der Waals surface area contributed by atoms with E-state index in [4.69, 9.17) is 23.2 Å². The Morgan fingerprint density at radius 1 is 1.16 bits per heavy atom. The van der Waals surface area contributed by atoms with E-state index in [0.29, 0.717) is 27.0 Å². The maximum Gasteiger partial charge on any atom is 0.129 e. The van der Waals surface area contributed by atoms with Crippen molar-refractivity contribution < 1.29 is 8.78 Å². The minimum Gasteiger partial charge on any atom is -0.207 e. The number of hydrogen-bond acceptors (Lipinski definition) is 0. The predicted octanol–water partition coefficient (Wildman–Crippen LogP) is 5.90. The van der Waals surface area contributed by atoms with E-state index in [9.17, 15) is 8.78 Å². The van der Waals surface area contributed by atoms with Crippen LogP contribution in [0.15, 0.2) is 40.9 Å². The van der Waals surface area contributed by atoms with Gasteiger partial charge in [-0.2, -0.15) is 0 Å². The van der Waals surface area contributed by atoms with E-state index >= 15 is 0 Å². The van der Waals surface area contributed by atoms with Gasteiger partial charge in [0.25, 0.3) is 0 Å². The molecule has 0 bridgehead atoms. The van der Waals surface area contributed by atoms with E-state index in [-0.39, 0.29) is 5.82 Å². The van der Waals surface area contributed by atoms with Crippen LogP contribution in [0, 0.1) is 11.6 Å². The van der Waals surface area contributed by atoms with Gasteiger partial charge in [-0.15, -0.1) is 11.6 Å². The Hall–Kier alpha value is -0.640. The maximum atomic E-state index is 13.8. The molecule has 19 heavy (non-hydrogen) atoms. The standard InChI is InChI=1S/C14H9BrCl2F2/c15-11-7-14(19)10(6-13(11)17)12(16)5-8-2-1-3-9(18)4-8/h1-4,6-7,12H,5H2. The van der Waals surface area contributed by atoms with Crippen LogP contribution in [0.25, 0.3) is 0 Å². The van der Waals surface area contributed by atoms with Crippen molar-refractivity contribution in [3.63, 3.8) is 0 Å². The van der Waals surface area contributed by atoms with Crippen LogP contribution in [-0.2, 0) is 6.42 Å². The highest BCUT2D eigenvalue weighted by Gasteiger charge is 2.16. The number of benzene rings is 2. The first kappa shape index (κ1) is 14.8. The molecule has 100 valence electrons. The van der Waals surface area contributed by atoms with Crippen LogP contribution in [-0.4, -0.2) is 0 Å². The van der Waals surface area contributed by atoms with Gasteiger partial charge in [-0.05, 0) is 52.2 Å². The SMILES string of the molecule is Fc1cccc(CC(Cl)c2cc(Cl)c(Br)cc2F)c1. The van der Waals surface area contributed by atoms with Gasteiger partial charge >= 0.3 is 0 Å². The first-order valence-electron chi connectivity index (χ1n) is 5.50. The lowest BCUT2D eigenvalue weighted by atomic mass is 10.0. The van der Waals surface area contributed by atoms with Gasteiger partial charge in [-0.1, -0.05) is 23.7 Å². The van der Waals surface area contributed by atoms with Gasteiger partial charge in [0.1, 0.15) is 11.6 Å². The number of rotatable bonds is 3. The largest absolute Gasteiger partial charge is 0.207 e. The Balaban J connectivity index is 2.25. The average molecular weight is 366 g/mol. The first-order chi connectivity index (χ1) is 8.97. The molecule has 0 aliphatic heterocycles. The second-order valence-corrected chi connectivity index (χ2v) is 5.88. The molecule has 0 spiro atoms. The van der Waals surface area contributed by atoms with Gasteiger partial charge in [0.05, 0.1) is 10.4 Å². The fraction of sp³-hybridized carbons (Fsp3) is 0.143. The summed E-state index contributed by atoms with van der Waals surface area (Å²) in [6, 6.07) is 8.84. The fourth-order valence-corrected chi connectivity index (χ4v) is 2.59. The molecule has 0 amide bonds. The average Bonchev–Trinajstić information content (AvgIpc) is 2.33. The summed E-state index contributed by atoms with van der Waals surface area (Å²) in [4.78, 5) is 0. The van der Waals surface area contributed by atoms with E-state index in [1.165, 1.54) is 24.3 Å². The van der Waals surface area contributed by atoms with Gasteiger partial charge in [-0.3, -0.25) is 0 Å². The molecule has 0 saturated heterocycles. The van der Waals surface area contributed by atoms with Gasteiger partial charge in [0.2, 0.25) is 0 Å². The third kappa shape index (κ3) is 3.68. The molecule has 0 aliphatic carbocycles. The Kier molecular flexibility index (Phi) is 4.82. The summed E-state index contributed by atoms with van der Waals surface area (Å²) in [5, 5.41) is -0.214. The van der Waals surface area contributed by atoms with Crippen LogP contribution in [0.4, 0.5) is 8.78 Å². The molecule has 5 heteroatoms. The van der Waals surface area contributed by atoms with Crippen LogP contribution in [0.2, 0.25) is 5.02 Å². The van der Waals surface area contributed by atoms with Crippen molar-refractivity contribution in [2.45, 2.75) is 11.8 Å². The third-order valence-corrected chi connectivity index (χ3v) is 4.27. The monoisotopic (exact) mass is 364 g/mol. The number of hydrogen-bond donors (Lipinski definition) is 0. The molecule has 1 atom stereocenters. The van der Waals surface area contributed by atoms with Crippen molar-refractivity contribution in [3.05, 3.63) is 68.7 Å². The highest BCUT2D eigenvalue weighted by Crippen LogP contribution is 2.33. The second kappa shape index (κ2) is 6.21. The molecule has 0 nitrogen and oxygen atoms in total. The minimum atomic E-state index is -0.604. The van der Waals surface area contributed by atoms with Crippen LogP contribution >= 0.6 is 39.1 Å². The summed E-state index contributed by atoms with van der Waals surface area (Å²) in [6.07, 6.45) is 0.328. The van der Waals surface area contributed by atoms with Crippen LogP contribution in [0.5, 0.6) is 0 Å². The lowest BCUT2D eigenvalue weighted by Gasteiger charge is -2.12. The van der Waals surface area contributed by atoms with E-state index < -0.39 is 11.2 Å². The summed E-state index contributed by atoms with van der Waals surface area (Å²) < 4.78 is 27.4.